The number of fused-ring (bicyclic) bond motifs is 9. The van der Waals surface area contributed by atoms with Crippen LogP contribution in [-0.2, 0) is 10.8 Å². The van der Waals surface area contributed by atoms with Crippen LogP contribution in [0.5, 0.6) is 0 Å². The number of hydrogen-bond donors (Lipinski definition) is 2. The average Bonchev–Trinajstić information content (AvgIpc) is 3.27. The first-order valence-electron chi connectivity index (χ1n) is 11.9. The van der Waals surface area contributed by atoms with Gasteiger partial charge in [-0.3, -0.25) is 0 Å². The van der Waals surface area contributed by atoms with Crippen LogP contribution >= 0.6 is 0 Å². The molecule has 1 aromatic heterocycles. The van der Waals surface area contributed by atoms with E-state index in [1.807, 2.05) is 12.1 Å². The third-order valence-electron chi connectivity index (χ3n) is 8.35. The molecule has 1 aliphatic carbocycles. The minimum absolute atomic E-state index is 0.165. The molecule has 0 atom stereocenters. The molecule has 2 heterocycles. The maximum Gasteiger partial charge on any atom is 0.488 e. The maximum absolute atomic E-state index is 10.3. The van der Waals surface area contributed by atoms with Crippen LogP contribution in [0.1, 0.15) is 49.9 Å². The summed E-state index contributed by atoms with van der Waals surface area (Å²) in [6.45, 7) is 9.09. The molecule has 4 heteroatoms. The predicted octanol–water partition coefficient (Wildman–Crippen LogP) is 5.41. The molecular weight excluding hydrogens is 417 g/mol. The first-order valence-corrected chi connectivity index (χ1v) is 11.9. The van der Waals surface area contributed by atoms with Crippen molar-refractivity contribution in [2.24, 2.45) is 0 Å². The van der Waals surface area contributed by atoms with Gasteiger partial charge in [-0.1, -0.05) is 88.4 Å². The molecular formula is C30H26BNO2. The molecule has 34 heavy (non-hydrogen) atoms. The zero-order chi connectivity index (χ0) is 23.6. The fourth-order valence-electron chi connectivity index (χ4n) is 6.75. The Balaban J connectivity index is 1.76. The van der Waals surface area contributed by atoms with E-state index < -0.39 is 7.12 Å². The summed E-state index contributed by atoms with van der Waals surface area (Å²) >= 11 is 0. The van der Waals surface area contributed by atoms with E-state index in [-0.39, 0.29) is 10.8 Å². The van der Waals surface area contributed by atoms with Gasteiger partial charge < -0.3 is 14.6 Å². The van der Waals surface area contributed by atoms with Crippen LogP contribution in [0.3, 0.4) is 0 Å². The van der Waals surface area contributed by atoms with Crippen molar-refractivity contribution in [1.29, 1.82) is 0 Å². The Labute approximate surface area is 199 Å². The summed E-state index contributed by atoms with van der Waals surface area (Å²) in [5.41, 5.74) is 11.2. The highest BCUT2D eigenvalue weighted by Gasteiger charge is 2.41. The van der Waals surface area contributed by atoms with Crippen molar-refractivity contribution in [3.63, 3.8) is 0 Å². The largest absolute Gasteiger partial charge is 0.488 e. The van der Waals surface area contributed by atoms with E-state index in [1.54, 1.807) is 0 Å². The second-order valence-electron chi connectivity index (χ2n) is 10.9. The third-order valence-corrected chi connectivity index (χ3v) is 8.35. The van der Waals surface area contributed by atoms with Gasteiger partial charge in [0.2, 0.25) is 0 Å². The van der Waals surface area contributed by atoms with Crippen LogP contribution in [0.25, 0.3) is 38.6 Å². The lowest BCUT2D eigenvalue weighted by Crippen LogP contribution is -2.33. The normalized spacial score (nSPS) is 16.4. The van der Waals surface area contributed by atoms with Crippen molar-refractivity contribution in [1.82, 2.24) is 4.57 Å². The quantitative estimate of drug-likeness (QED) is 0.341. The number of nitrogens with zero attached hydrogens (tertiary/aromatic N) is 1. The Hall–Kier alpha value is -3.34. The van der Waals surface area contributed by atoms with Gasteiger partial charge in [-0.2, -0.15) is 0 Å². The van der Waals surface area contributed by atoms with Gasteiger partial charge in [-0.05, 0) is 51.0 Å². The topological polar surface area (TPSA) is 45.4 Å². The summed E-state index contributed by atoms with van der Waals surface area (Å²) in [7, 11) is -1.52. The molecule has 0 unspecified atom stereocenters. The highest BCUT2D eigenvalue weighted by atomic mass is 16.4. The number of rotatable bonds is 1. The summed E-state index contributed by atoms with van der Waals surface area (Å²) in [5, 5.41) is 22.8. The lowest BCUT2D eigenvalue weighted by atomic mass is 9.70. The second-order valence-corrected chi connectivity index (χ2v) is 10.9. The molecule has 0 saturated heterocycles. The Morgan fingerprint density at radius 2 is 1.41 bits per heavy atom. The molecule has 7 rings (SSSR count). The van der Waals surface area contributed by atoms with E-state index in [9.17, 15) is 10.0 Å². The molecule has 2 aliphatic rings. The number of aromatic nitrogens is 1. The first-order chi connectivity index (χ1) is 16.2. The maximum atomic E-state index is 10.3. The summed E-state index contributed by atoms with van der Waals surface area (Å²) in [6.07, 6.45) is 0. The standard InChI is InChI=1S/C30H26BNO2/c1-29(2)22-11-7-8-12-24(22)32-25-14-13-19-18-9-5-6-10-21(18)30(3,4)27(19)26(25)20-15-17(31(33)34)16-23(29)28(20)32/h5-16,33-34H,1-4H3. The first kappa shape index (κ1) is 20.1. The zero-order valence-corrected chi connectivity index (χ0v) is 19.8. The molecule has 0 bridgehead atoms. The van der Waals surface area contributed by atoms with Crippen molar-refractivity contribution >= 4 is 34.4 Å². The Morgan fingerprint density at radius 3 is 2.18 bits per heavy atom. The monoisotopic (exact) mass is 443 g/mol. The molecule has 1 aliphatic heterocycles. The summed E-state index contributed by atoms with van der Waals surface area (Å²) in [6, 6.07) is 25.8. The van der Waals surface area contributed by atoms with E-state index in [1.165, 1.54) is 49.9 Å². The van der Waals surface area contributed by atoms with E-state index in [4.69, 9.17) is 0 Å². The lowest BCUT2D eigenvalue weighted by Gasteiger charge is -2.35. The summed E-state index contributed by atoms with van der Waals surface area (Å²) < 4.78 is 2.40. The van der Waals surface area contributed by atoms with Crippen LogP contribution in [-0.4, -0.2) is 21.7 Å². The van der Waals surface area contributed by atoms with Crippen molar-refractivity contribution in [2.45, 2.75) is 38.5 Å². The molecule has 2 N–H and O–H groups in total. The molecule has 3 nitrogen and oxygen atoms in total. The zero-order valence-electron chi connectivity index (χ0n) is 19.8. The van der Waals surface area contributed by atoms with E-state index in [0.29, 0.717) is 5.46 Å². The van der Waals surface area contributed by atoms with Crippen LogP contribution < -0.4 is 5.46 Å². The number of para-hydroxylation sites is 1. The Kier molecular flexibility index (Phi) is 3.66. The van der Waals surface area contributed by atoms with Crippen molar-refractivity contribution in [3.8, 4) is 16.8 Å². The van der Waals surface area contributed by atoms with Crippen molar-refractivity contribution < 1.29 is 10.0 Å². The Morgan fingerprint density at radius 1 is 0.706 bits per heavy atom. The van der Waals surface area contributed by atoms with Gasteiger partial charge in [0.1, 0.15) is 0 Å². The van der Waals surface area contributed by atoms with Gasteiger partial charge in [0.15, 0.2) is 0 Å². The minimum atomic E-state index is -1.52. The van der Waals surface area contributed by atoms with Gasteiger partial charge in [-0.15, -0.1) is 0 Å². The molecule has 0 radical (unpaired) electrons. The lowest BCUT2D eigenvalue weighted by molar-refractivity contribution is 0.425. The average molecular weight is 443 g/mol. The molecule has 4 aromatic carbocycles. The van der Waals surface area contributed by atoms with Gasteiger partial charge in [-0.25, -0.2) is 0 Å². The van der Waals surface area contributed by atoms with Crippen LogP contribution in [0.4, 0.5) is 0 Å². The summed E-state index contributed by atoms with van der Waals surface area (Å²) in [4.78, 5) is 0. The van der Waals surface area contributed by atoms with Gasteiger partial charge in [0.25, 0.3) is 0 Å². The highest BCUT2D eigenvalue weighted by molar-refractivity contribution is 6.59. The van der Waals surface area contributed by atoms with E-state index in [0.717, 1.165) is 10.9 Å². The third kappa shape index (κ3) is 2.21. The van der Waals surface area contributed by atoms with Gasteiger partial charge in [0, 0.05) is 21.6 Å². The van der Waals surface area contributed by atoms with Crippen LogP contribution in [0.2, 0.25) is 0 Å². The molecule has 0 amide bonds. The number of hydrogen-bond acceptors (Lipinski definition) is 2. The second kappa shape index (κ2) is 6.21. The molecule has 0 saturated carbocycles. The fraction of sp³-hybridized carbons (Fsp3) is 0.200. The molecule has 166 valence electrons. The predicted molar refractivity (Wildman–Crippen MR) is 140 cm³/mol. The molecule has 0 fully saturated rings. The van der Waals surface area contributed by atoms with E-state index in [2.05, 4.69) is 92.9 Å². The van der Waals surface area contributed by atoms with E-state index >= 15 is 0 Å². The van der Waals surface area contributed by atoms with Crippen LogP contribution in [0, 0.1) is 0 Å². The van der Waals surface area contributed by atoms with Gasteiger partial charge >= 0.3 is 7.12 Å². The van der Waals surface area contributed by atoms with Crippen LogP contribution in [0.15, 0.2) is 72.8 Å². The number of benzene rings is 4. The highest BCUT2D eigenvalue weighted by Crippen LogP contribution is 2.55. The fourth-order valence-corrected chi connectivity index (χ4v) is 6.75. The van der Waals surface area contributed by atoms with Gasteiger partial charge in [0.05, 0.1) is 16.7 Å². The summed E-state index contributed by atoms with van der Waals surface area (Å²) in [5.74, 6) is 0. The molecule has 0 spiro atoms. The SMILES string of the molecule is CC1(C)c2ccccc2-c2ccc3c(c21)c1cc(B(O)O)cc2c1n3-c1ccccc1C2(C)C. The molecule has 5 aromatic rings. The van der Waals surface area contributed by atoms with Crippen molar-refractivity contribution in [2.75, 3.05) is 0 Å². The minimum Gasteiger partial charge on any atom is -0.423 e. The Bertz CT molecular complexity index is 1690. The van der Waals surface area contributed by atoms with Crippen molar-refractivity contribution in [3.05, 3.63) is 95.1 Å². The smallest absolute Gasteiger partial charge is 0.423 e.